The number of carbonyl (C=O) groups is 1. The van der Waals surface area contributed by atoms with Crippen LogP contribution in [-0.4, -0.2) is 5.78 Å². The summed E-state index contributed by atoms with van der Waals surface area (Å²) < 4.78 is 34.0. The number of ketones is 1. The average molecular weight is 509 g/mol. The van der Waals surface area contributed by atoms with E-state index in [9.17, 15) is 4.79 Å². The van der Waals surface area contributed by atoms with Crippen LogP contribution >= 0.6 is 7.26 Å². The van der Waals surface area contributed by atoms with Gasteiger partial charge in [0.1, 0.15) is 34.6 Å². The highest BCUT2D eigenvalue weighted by Gasteiger charge is 2.53. The largest absolute Gasteiger partial charge is 0.300 e. The quantitative estimate of drug-likeness (QED) is 0.345. The monoisotopic (exact) mass is 508 g/mol. The smallest absolute Gasteiger partial charge is 0.134 e. The third-order valence-corrected chi connectivity index (χ3v) is 10.4. The molecule has 4 aromatic carbocycles. The zero-order chi connectivity index (χ0) is 25.3. The average Bonchev–Trinajstić information content (AvgIpc) is 2.85. The summed E-state index contributed by atoms with van der Waals surface area (Å²) in [5.41, 5.74) is 1.29. The molecule has 1 atom stereocenters. The van der Waals surface area contributed by atoms with Gasteiger partial charge in [0.15, 0.2) is 0 Å². The summed E-state index contributed by atoms with van der Waals surface area (Å²) >= 11 is 0. The number of benzene rings is 4. The Balaban J connectivity index is 0.000000623. The van der Waals surface area contributed by atoms with Crippen LogP contribution in [0.3, 0.4) is 0 Å². The summed E-state index contributed by atoms with van der Waals surface area (Å²) in [6.45, 7) is 1.71. The van der Waals surface area contributed by atoms with Gasteiger partial charge in [-0.15, -0.1) is 10.2 Å². The van der Waals surface area contributed by atoms with Gasteiger partial charge in [-0.25, -0.2) is 18.6 Å². The Kier molecular flexibility index (Phi) is 9.30. The van der Waals surface area contributed by atoms with E-state index in [1.54, 1.807) is 6.92 Å². The Labute approximate surface area is 208 Å². The zero-order valence-electron chi connectivity index (χ0n) is 19.2. The fourth-order valence-corrected chi connectivity index (χ4v) is 9.45. The van der Waals surface area contributed by atoms with E-state index in [-0.39, 0.29) is 11.4 Å². The van der Waals surface area contributed by atoms with E-state index in [1.807, 2.05) is 6.07 Å². The lowest BCUT2D eigenvalue weighted by atomic mass is 10.1. The first-order valence-corrected chi connectivity index (χ1v) is 14.0. The Morgan fingerprint density at radius 3 is 1.20 bits per heavy atom. The first-order chi connectivity index (χ1) is 16.7. The van der Waals surface area contributed by atoms with Crippen LogP contribution in [-0.2, 0) is 4.79 Å². The van der Waals surface area contributed by atoms with Crippen molar-refractivity contribution < 1.29 is 33.7 Å². The van der Waals surface area contributed by atoms with Crippen LogP contribution in [0.4, 0.5) is 0 Å². The van der Waals surface area contributed by atoms with Gasteiger partial charge < -0.3 is 0 Å². The summed E-state index contributed by atoms with van der Waals surface area (Å²) in [4.78, 5) is 12.6. The molecule has 0 spiro atoms. The van der Waals surface area contributed by atoms with Crippen LogP contribution in [0.1, 0.15) is 24.6 Å². The fourth-order valence-electron chi connectivity index (χ4n) is 4.40. The van der Waals surface area contributed by atoms with Gasteiger partial charge in [-0.1, -0.05) is 84.9 Å². The lowest BCUT2D eigenvalue weighted by Gasteiger charge is -2.34. The predicted octanol–water partition coefficient (Wildman–Crippen LogP) is 0.945. The number of halogens is 1. The van der Waals surface area contributed by atoms with Gasteiger partial charge in [0.25, 0.3) is 0 Å². The normalized spacial score (nSPS) is 12.3. The van der Waals surface area contributed by atoms with Crippen molar-refractivity contribution in [1.29, 1.82) is 0 Å². The van der Waals surface area contributed by atoms with Crippen LogP contribution < -0.4 is 34.5 Å². The molecule has 4 aromatic rings. The Morgan fingerprint density at radius 2 is 0.914 bits per heavy atom. The Morgan fingerprint density at radius 1 is 0.629 bits per heavy atom. The third-order valence-electron chi connectivity index (χ3n) is 5.62. The van der Waals surface area contributed by atoms with E-state index in [0.29, 0.717) is 6.42 Å². The molecule has 0 heterocycles. The SMILES string of the molecule is CC(=O)CC(c1ccccc1)[P+](c1ccccc1)(c1ccccc1)c1ccccc1.[O-][Cl+3]([O-])([O-])[O-]. The molecule has 35 heavy (non-hydrogen) atoms. The van der Waals surface area contributed by atoms with Gasteiger partial charge in [0.05, 0.1) is 0 Å². The lowest BCUT2D eigenvalue weighted by molar-refractivity contribution is -2.00. The second-order valence-electron chi connectivity index (χ2n) is 7.94. The third kappa shape index (κ3) is 7.06. The standard InChI is InChI=1S/C28H26OP.ClHO4/c1-23(29)22-28(24-14-6-2-7-15-24)30(25-16-8-3-9-17-25,26-18-10-4-11-19-26)27-20-12-5-13-21-27;2-1(3,4)5/h2-21,28H,22H2,1H3;(H,2,3,4,5)/q+1;/p-1. The highest BCUT2D eigenvalue weighted by molar-refractivity contribution is 7.96. The summed E-state index contributed by atoms with van der Waals surface area (Å²) in [6.07, 6.45) is 0.510. The van der Waals surface area contributed by atoms with Crippen LogP contribution in [0, 0.1) is 10.2 Å². The first-order valence-electron chi connectivity index (χ1n) is 10.9. The molecule has 1 unspecified atom stereocenters. The zero-order valence-corrected chi connectivity index (χ0v) is 20.8. The number of hydrogen-bond donors (Lipinski definition) is 0. The molecule has 7 heteroatoms. The van der Waals surface area contributed by atoms with Gasteiger partial charge in [0, 0.05) is 6.42 Å². The minimum absolute atomic E-state index is 0.0726. The van der Waals surface area contributed by atoms with Crippen LogP contribution in [0.25, 0.3) is 0 Å². The fraction of sp³-hybridized carbons (Fsp3) is 0.107. The molecule has 0 saturated carbocycles. The van der Waals surface area contributed by atoms with E-state index >= 15 is 0 Å². The molecule has 0 bridgehead atoms. The van der Waals surface area contributed by atoms with Crippen molar-refractivity contribution in [2.75, 3.05) is 0 Å². The maximum absolute atomic E-state index is 12.6. The van der Waals surface area contributed by atoms with Crippen molar-refractivity contribution in [3.05, 3.63) is 127 Å². The molecular weight excluding hydrogens is 483 g/mol. The van der Waals surface area contributed by atoms with Crippen LogP contribution in [0.2, 0.25) is 0 Å². The van der Waals surface area contributed by atoms with E-state index in [2.05, 4.69) is 115 Å². The van der Waals surface area contributed by atoms with Crippen molar-refractivity contribution in [3.63, 3.8) is 0 Å². The second kappa shape index (κ2) is 12.2. The maximum atomic E-state index is 12.6. The molecule has 0 N–H and O–H groups in total. The van der Waals surface area contributed by atoms with Crippen molar-refractivity contribution in [2.24, 2.45) is 0 Å². The molecule has 5 nitrogen and oxygen atoms in total. The minimum Gasteiger partial charge on any atom is -0.300 e. The van der Waals surface area contributed by atoms with Gasteiger partial charge >= 0.3 is 0 Å². The predicted molar refractivity (Wildman–Crippen MR) is 130 cm³/mol. The molecular formula is C28H26ClO5P. The van der Waals surface area contributed by atoms with E-state index in [4.69, 9.17) is 18.6 Å². The molecule has 0 amide bonds. The second-order valence-corrected chi connectivity index (χ2v) is 12.3. The minimum atomic E-state index is -4.94. The van der Waals surface area contributed by atoms with Crippen LogP contribution in [0.5, 0.6) is 0 Å². The molecule has 0 aromatic heterocycles. The summed E-state index contributed by atoms with van der Waals surface area (Å²) in [7, 11) is -7.10. The molecule has 0 aliphatic rings. The van der Waals surface area contributed by atoms with Crippen molar-refractivity contribution in [3.8, 4) is 0 Å². The molecule has 0 aliphatic carbocycles. The Bertz CT molecular complexity index is 1080. The summed E-state index contributed by atoms with van der Waals surface area (Å²) in [5.74, 6) is 0.219. The molecule has 0 saturated heterocycles. The molecule has 4 rings (SSSR count). The molecule has 180 valence electrons. The van der Waals surface area contributed by atoms with E-state index < -0.39 is 17.5 Å². The van der Waals surface area contributed by atoms with Crippen molar-refractivity contribution >= 4 is 29.0 Å². The van der Waals surface area contributed by atoms with Gasteiger partial charge in [-0.05, 0) is 48.9 Å². The van der Waals surface area contributed by atoms with Crippen LogP contribution in [0.15, 0.2) is 121 Å². The highest BCUT2D eigenvalue weighted by Crippen LogP contribution is 2.67. The molecule has 0 radical (unpaired) electrons. The van der Waals surface area contributed by atoms with Gasteiger partial charge in [-0.2, -0.15) is 0 Å². The number of Topliss-reactive ketones (excluding diaryl/α,β-unsaturated/α-hetero) is 1. The van der Waals surface area contributed by atoms with Crippen molar-refractivity contribution in [2.45, 2.75) is 19.0 Å². The topological polar surface area (TPSA) is 109 Å². The highest BCUT2D eigenvalue weighted by atomic mass is 35.7. The summed E-state index contributed by atoms with van der Waals surface area (Å²) in [5, 5.41) is 3.91. The summed E-state index contributed by atoms with van der Waals surface area (Å²) in [6, 6.07) is 42.9. The Hall–Kier alpha value is -2.89. The van der Waals surface area contributed by atoms with Gasteiger partial charge in [-0.3, -0.25) is 4.79 Å². The molecule has 0 fully saturated rings. The van der Waals surface area contributed by atoms with E-state index in [1.165, 1.54) is 21.5 Å². The number of carbonyl (C=O) groups excluding carboxylic acids is 1. The van der Waals surface area contributed by atoms with E-state index in [0.717, 1.165) is 0 Å². The van der Waals surface area contributed by atoms with Crippen molar-refractivity contribution in [1.82, 2.24) is 0 Å². The number of rotatable bonds is 7. The molecule has 0 aliphatic heterocycles. The maximum Gasteiger partial charge on any atom is 0.134 e. The number of hydrogen-bond acceptors (Lipinski definition) is 5. The van der Waals surface area contributed by atoms with Gasteiger partial charge in [0.2, 0.25) is 0 Å². The first kappa shape index (κ1) is 26.7. The lowest BCUT2D eigenvalue weighted by Crippen LogP contribution is -2.68.